The van der Waals surface area contributed by atoms with Crippen LogP contribution in [-0.2, 0) is 10.1 Å². The zero-order valence-corrected chi connectivity index (χ0v) is 20.5. The molecule has 0 heterocycles. The molecule has 8 rings (SSSR count). The van der Waals surface area contributed by atoms with E-state index in [9.17, 15) is 13.0 Å². The van der Waals surface area contributed by atoms with Crippen molar-refractivity contribution in [3.8, 4) is 0 Å². The minimum Gasteiger partial charge on any atom is -0.285 e. The van der Waals surface area contributed by atoms with Gasteiger partial charge in [0.15, 0.2) is 0 Å². The Kier molecular flexibility index (Phi) is 5.00. The molecule has 0 radical (unpaired) electrons. The summed E-state index contributed by atoms with van der Waals surface area (Å²) in [4.78, 5) is -0.420. The van der Waals surface area contributed by atoms with Crippen LogP contribution in [0, 0.1) is 40.9 Å². The Hall–Kier alpha value is 0.340. The van der Waals surface area contributed by atoms with E-state index in [0.717, 1.165) is 73.8 Å². The first-order chi connectivity index (χ1) is 14.3. The largest absolute Gasteiger partial charge is 0.285 e. The van der Waals surface area contributed by atoms with Gasteiger partial charge >= 0.3 is 0 Å². The number of rotatable bonds is 7. The average Bonchev–Trinajstić information content (AvgIpc) is 2.61. The van der Waals surface area contributed by atoms with Crippen molar-refractivity contribution >= 4 is 18.0 Å². The normalized spacial score (nSPS) is 50.7. The summed E-state index contributed by atoms with van der Waals surface area (Å²) in [5.41, 5.74) is -0.0922. The van der Waals surface area contributed by atoms with Crippen molar-refractivity contribution < 1.29 is 13.0 Å². The molecule has 5 heteroatoms. The third-order valence-electron chi connectivity index (χ3n) is 10.5. The Balaban J connectivity index is 1.42. The van der Waals surface area contributed by atoms with Gasteiger partial charge in [0.2, 0.25) is 0 Å². The Bertz CT molecular complexity index is 720. The van der Waals surface area contributed by atoms with Gasteiger partial charge in [-0.15, -0.1) is 0 Å². The van der Waals surface area contributed by atoms with Gasteiger partial charge in [-0.05, 0) is 136 Å². The third-order valence-corrected chi connectivity index (χ3v) is 16.8. The highest BCUT2D eigenvalue weighted by atomic mass is 32.2. The smallest absolute Gasteiger partial charge is 0.272 e. The first-order valence-corrected chi connectivity index (χ1v) is 16.1. The maximum Gasteiger partial charge on any atom is 0.272 e. The summed E-state index contributed by atoms with van der Waals surface area (Å²) in [6, 6.07) is 0. The van der Waals surface area contributed by atoms with Gasteiger partial charge in [0.25, 0.3) is 10.1 Å². The molecule has 2 unspecified atom stereocenters. The molecule has 0 aromatic rings. The van der Waals surface area contributed by atoms with E-state index >= 15 is 0 Å². The summed E-state index contributed by atoms with van der Waals surface area (Å²) in [6.07, 6.45) is 18.7. The standard InChI is InChI=1S/C25H41O3PS/c1-2-3-4-29(25-14-20-8-21(15-25)10-22(9-20)16-25)23(30(26,27)28)24-11-17-5-18(12-24)7-19(6-17)13-24/h17-23H,2-16H2,1H3,(H,26,27,28). The quantitative estimate of drug-likeness (QED) is 0.347. The fourth-order valence-corrected chi connectivity index (χ4v) is 18.1. The van der Waals surface area contributed by atoms with Crippen molar-refractivity contribution in [3.63, 3.8) is 0 Å². The van der Waals surface area contributed by atoms with Gasteiger partial charge in [0.05, 0.1) is 0 Å². The predicted octanol–water partition coefficient (Wildman–Crippen LogP) is 6.67. The van der Waals surface area contributed by atoms with Crippen molar-refractivity contribution in [3.05, 3.63) is 0 Å². The molecule has 2 atom stereocenters. The zero-order chi connectivity index (χ0) is 20.7. The number of unbranched alkanes of at least 4 members (excludes halogenated alkanes) is 1. The first kappa shape index (κ1) is 20.9. The van der Waals surface area contributed by atoms with Crippen molar-refractivity contribution in [1.29, 1.82) is 0 Å². The van der Waals surface area contributed by atoms with Gasteiger partial charge in [0, 0.05) is 0 Å². The lowest BCUT2D eigenvalue weighted by molar-refractivity contribution is -0.0461. The molecule has 0 aromatic carbocycles. The maximum atomic E-state index is 13.3. The molecule has 170 valence electrons. The van der Waals surface area contributed by atoms with Crippen LogP contribution in [0.25, 0.3) is 0 Å². The Morgan fingerprint density at radius 3 is 1.57 bits per heavy atom. The van der Waals surface area contributed by atoms with Gasteiger partial charge in [-0.3, -0.25) is 4.55 Å². The summed E-state index contributed by atoms with van der Waals surface area (Å²) in [6.45, 7) is 2.25. The van der Waals surface area contributed by atoms with Crippen molar-refractivity contribution in [2.75, 3.05) is 6.16 Å². The lowest BCUT2D eigenvalue weighted by atomic mass is 9.50. The summed E-state index contributed by atoms with van der Waals surface area (Å²) >= 11 is 0. The van der Waals surface area contributed by atoms with E-state index in [1.54, 1.807) is 0 Å². The van der Waals surface area contributed by atoms with Crippen molar-refractivity contribution in [2.45, 2.75) is 107 Å². The second kappa shape index (κ2) is 7.17. The zero-order valence-electron chi connectivity index (χ0n) is 18.8. The molecule has 0 aromatic heterocycles. The molecule has 0 spiro atoms. The minimum absolute atomic E-state index is 0.0922. The summed E-state index contributed by atoms with van der Waals surface area (Å²) in [5, 5.41) is 0.267. The van der Waals surface area contributed by atoms with Crippen molar-refractivity contribution in [1.82, 2.24) is 0 Å². The lowest BCUT2D eigenvalue weighted by Gasteiger charge is -2.65. The van der Waals surface area contributed by atoms with Crippen LogP contribution >= 0.6 is 7.92 Å². The van der Waals surface area contributed by atoms with Gasteiger partial charge in [-0.2, -0.15) is 8.42 Å². The molecule has 8 fully saturated rings. The Morgan fingerprint density at radius 1 is 0.800 bits per heavy atom. The lowest BCUT2D eigenvalue weighted by Crippen LogP contribution is -2.57. The van der Waals surface area contributed by atoms with Crippen LogP contribution in [0.15, 0.2) is 0 Å². The highest BCUT2D eigenvalue weighted by Gasteiger charge is 2.64. The molecule has 8 aliphatic rings. The fraction of sp³-hybridized carbons (Fsp3) is 1.00. The van der Waals surface area contributed by atoms with Crippen molar-refractivity contribution in [2.24, 2.45) is 40.9 Å². The van der Waals surface area contributed by atoms with Crippen LogP contribution in [0.4, 0.5) is 0 Å². The van der Waals surface area contributed by atoms with Gasteiger partial charge < -0.3 is 0 Å². The van der Waals surface area contributed by atoms with E-state index in [0.29, 0.717) is 0 Å². The monoisotopic (exact) mass is 452 g/mol. The molecule has 8 aliphatic carbocycles. The Labute approximate surface area is 185 Å². The number of hydrogen-bond donors (Lipinski definition) is 1. The fourth-order valence-electron chi connectivity index (χ4n) is 10.6. The third kappa shape index (κ3) is 3.28. The second-order valence-electron chi connectivity index (χ2n) is 12.8. The second-order valence-corrected chi connectivity index (χ2v) is 17.5. The van der Waals surface area contributed by atoms with Crippen LogP contribution in [-0.4, -0.2) is 29.3 Å². The van der Waals surface area contributed by atoms with Gasteiger partial charge in [0.1, 0.15) is 4.99 Å². The van der Waals surface area contributed by atoms with Crippen LogP contribution in [0.5, 0.6) is 0 Å². The van der Waals surface area contributed by atoms with E-state index in [1.165, 1.54) is 57.8 Å². The SMILES string of the molecule is CCCCP(C(C12CC3CC(CC(C3)C1)C2)S(=O)(=O)O)C12CC3CC(CC(C3)C1)C2. The molecule has 0 aliphatic heterocycles. The summed E-state index contributed by atoms with van der Waals surface area (Å²) in [7, 11) is -4.71. The van der Waals surface area contributed by atoms with Crippen LogP contribution in [0.3, 0.4) is 0 Å². The topological polar surface area (TPSA) is 54.4 Å². The minimum atomic E-state index is -4.02. The average molecular weight is 453 g/mol. The molecule has 8 bridgehead atoms. The highest BCUT2D eigenvalue weighted by molar-refractivity contribution is 7.94. The summed E-state index contributed by atoms with van der Waals surface area (Å²) in [5.74, 6) is 4.75. The molecule has 0 amide bonds. The molecule has 0 saturated heterocycles. The molecular weight excluding hydrogens is 411 g/mol. The Morgan fingerprint density at radius 2 is 1.20 bits per heavy atom. The molecular formula is C25H41O3PS. The van der Waals surface area contributed by atoms with E-state index in [2.05, 4.69) is 6.92 Å². The van der Waals surface area contributed by atoms with Crippen LogP contribution < -0.4 is 0 Å². The molecule has 1 N–H and O–H groups in total. The van der Waals surface area contributed by atoms with Gasteiger partial charge in [-0.25, -0.2) is 0 Å². The van der Waals surface area contributed by atoms with E-state index in [-0.39, 0.29) is 10.6 Å². The van der Waals surface area contributed by atoms with E-state index in [1.807, 2.05) is 0 Å². The molecule has 3 nitrogen and oxygen atoms in total. The van der Waals surface area contributed by atoms with Crippen LogP contribution in [0.1, 0.15) is 96.8 Å². The van der Waals surface area contributed by atoms with Crippen LogP contribution in [0.2, 0.25) is 0 Å². The molecule has 30 heavy (non-hydrogen) atoms. The van der Waals surface area contributed by atoms with Gasteiger partial charge in [-0.1, -0.05) is 21.3 Å². The van der Waals surface area contributed by atoms with E-state index in [4.69, 9.17) is 0 Å². The summed E-state index contributed by atoms with van der Waals surface area (Å²) < 4.78 is 37.5. The molecule has 8 saturated carbocycles. The van der Waals surface area contributed by atoms with E-state index < -0.39 is 23.0 Å². The first-order valence-electron chi connectivity index (χ1n) is 13.0. The number of hydrogen-bond acceptors (Lipinski definition) is 2. The predicted molar refractivity (Wildman–Crippen MR) is 124 cm³/mol. The highest BCUT2D eigenvalue weighted by Crippen LogP contribution is 2.76. The maximum absolute atomic E-state index is 13.3.